The summed E-state index contributed by atoms with van der Waals surface area (Å²) in [6.07, 6.45) is 3.17. The summed E-state index contributed by atoms with van der Waals surface area (Å²) >= 11 is 6.08. The Morgan fingerprint density at radius 1 is 0.963 bits per heavy atom. The first kappa shape index (κ1) is 19.6. The number of benzene rings is 2. The third-order valence-corrected chi connectivity index (χ3v) is 6.64. The highest BCUT2D eigenvalue weighted by molar-refractivity contribution is 7.88. The SMILES string of the molecule is O=C(/C=C/c1ccccc1Cl)N1CCN(S(=O)(=O)Cc2ccccc2)CC1. The van der Waals surface area contributed by atoms with Crippen molar-refractivity contribution in [1.82, 2.24) is 9.21 Å². The highest BCUT2D eigenvalue weighted by atomic mass is 35.5. The number of halogens is 1. The number of nitrogens with zero attached hydrogens (tertiary/aromatic N) is 2. The molecule has 142 valence electrons. The van der Waals surface area contributed by atoms with Gasteiger partial charge in [-0.25, -0.2) is 8.42 Å². The maximum atomic E-state index is 12.6. The molecule has 1 aliphatic rings. The molecule has 1 heterocycles. The van der Waals surface area contributed by atoms with Gasteiger partial charge in [0.1, 0.15) is 0 Å². The van der Waals surface area contributed by atoms with Crippen LogP contribution in [0.15, 0.2) is 60.7 Å². The maximum Gasteiger partial charge on any atom is 0.246 e. The van der Waals surface area contributed by atoms with E-state index in [2.05, 4.69) is 0 Å². The molecule has 0 bridgehead atoms. The standard InChI is InChI=1S/C20H21ClN2O3S/c21-19-9-5-4-8-18(19)10-11-20(24)22-12-14-23(15-13-22)27(25,26)16-17-6-2-1-3-7-17/h1-11H,12-16H2/b11-10+. The summed E-state index contributed by atoms with van der Waals surface area (Å²) in [5, 5.41) is 0.582. The van der Waals surface area contributed by atoms with Gasteiger partial charge >= 0.3 is 0 Å². The average Bonchev–Trinajstić information content (AvgIpc) is 2.68. The Bertz CT molecular complexity index is 921. The minimum atomic E-state index is -3.39. The summed E-state index contributed by atoms with van der Waals surface area (Å²) in [5.74, 6) is -0.163. The molecule has 0 unspecified atom stereocenters. The summed E-state index contributed by atoms with van der Waals surface area (Å²) < 4.78 is 26.6. The molecule has 2 aromatic rings. The number of hydrogen-bond acceptors (Lipinski definition) is 3. The molecule has 0 aliphatic carbocycles. The molecule has 1 aliphatic heterocycles. The fourth-order valence-electron chi connectivity index (χ4n) is 2.94. The third-order valence-electron chi connectivity index (χ3n) is 4.45. The van der Waals surface area contributed by atoms with E-state index in [-0.39, 0.29) is 11.7 Å². The summed E-state index contributed by atoms with van der Waals surface area (Å²) in [4.78, 5) is 14.0. The van der Waals surface area contributed by atoms with Crippen LogP contribution >= 0.6 is 11.6 Å². The molecule has 0 aromatic heterocycles. The number of rotatable bonds is 5. The van der Waals surface area contributed by atoms with Crippen molar-refractivity contribution in [2.45, 2.75) is 5.75 Å². The second kappa shape index (κ2) is 8.69. The van der Waals surface area contributed by atoms with Crippen LogP contribution in [0.3, 0.4) is 0 Å². The Labute approximate surface area is 164 Å². The van der Waals surface area contributed by atoms with Gasteiger partial charge in [0.05, 0.1) is 5.75 Å². The van der Waals surface area contributed by atoms with Crippen LogP contribution in [0.4, 0.5) is 0 Å². The average molecular weight is 405 g/mol. The highest BCUT2D eigenvalue weighted by Gasteiger charge is 2.28. The van der Waals surface area contributed by atoms with Gasteiger partial charge in [0.25, 0.3) is 0 Å². The van der Waals surface area contributed by atoms with Crippen LogP contribution in [0.1, 0.15) is 11.1 Å². The Morgan fingerprint density at radius 3 is 2.26 bits per heavy atom. The normalized spacial score (nSPS) is 16.0. The van der Waals surface area contributed by atoms with Crippen molar-refractivity contribution in [1.29, 1.82) is 0 Å². The molecule has 3 rings (SSSR count). The summed E-state index contributed by atoms with van der Waals surface area (Å²) in [6, 6.07) is 16.4. The lowest BCUT2D eigenvalue weighted by Gasteiger charge is -2.33. The van der Waals surface area contributed by atoms with E-state index in [9.17, 15) is 13.2 Å². The first-order chi connectivity index (χ1) is 13.0. The largest absolute Gasteiger partial charge is 0.337 e. The van der Waals surface area contributed by atoms with Crippen molar-refractivity contribution in [3.63, 3.8) is 0 Å². The fourth-order valence-corrected chi connectivity index (χ4v) is 4.65. The molecule has 7 heteroatoms. The van der Waals surface area contributed by atoms with Gasteiger partial charge in [0.15, 0.2) is 0 Å². The zero-order chi connectivity index (χ0) is 19.3. The number of hydrogen-bond donors (Lipinski definition) is 0. The predicted octanol–water partition coefficient (Wildman–Crippen LogP) is 3.03. The lowest BCUT2D eigenvalue weighted by atomic mass is 10.2. The van der Waals surface area contributed by atoms with Gasteiger partial charge < -0.3 is 4.90 Å². The van der Waals surface area contributed by atoms with Crippen LogP contribution in [0, 0.1) is 0 Å². The van der Waals surface area contributed by atoms with Crippen LogP contribution in [-0.4, -0.2) is 49.7 Å². The summed E-state index contributed by atoms with van der Waals surface area (Å²) in [7, 11) is -3.39. The summed E-state index contributed by atoms with van der Waals surface area (Å²) in [6.45, 7) is 1.36. The minimum absolute atomic E-state index is 0.0196. The smallest absolute Gasteiger partial charge is 0.246 e. The van der Waals surface area contributed by atoms with E-state index in [0.29, 0.717) is 31.2 Å². The highest BCUT2D eigenvalue weighted by Crippen LogP contribution is 2.17. The predicted molar refractivity (Wildman–Crippen MR) is 108 cm³/mol. The Kier molecular flexibility index (Phi) is 6.31. The van der Waals surface area contributed by atoms with Gasteiger partial charge in [-0.3, -0.25) is 4.79 Å². The monoisotopic (exact) mass is 404 g/mol. The minimum Gasteiger partial charge on any atom is -0.337 e. The van der Waals surface area contributed by atoms with E-state index in [0.717, 1.165) is 11.1 Å². The van der Waals surface area contributed by atoms with Crippen LogP contribution in [0.2, 0.25) is 5.02 Å². The molecule has 0 spiro atoms. The van der Waals surface area contributed by atoms with Crippen LogP contribution in [0.5, 0.6) is 0 Å². The van der Waals surface area contributed by atoms with Gasteiger partial charge in [0.2, 0.25) is 15.9 Å². The Balaban J connectivity index is 1.56. The molecule has 1 saturated heterocycles. The van der Waals surface area contributed by atoms with E-state index < -0.39 is 10.0 Å². The quantitative estimate of drug-likeness (QED) is 0.720. The molecule has 2 aromatic carbocycles. The number of carbonyl (C=O) groups is 1. The first-order valence-corrected chi connectivity index (χ1v) is 10.7. The van der Waals surface area contributed by atoms with E-state index >= 15 is 0 Å². The maximum absolute atomic E-state index is 12.6. The van der Waals surface area contributed by atoms with Crippen molar-refractivity contribution in [2.75, 3.05) is 26.2 Å². The second-order valence-electron chi connectivity index (χ2n) is 6.32. The zero-order valence-electron chi connectivity index (χ0n) is 14.8. The topological polar surface area (TPSA) is 57.7 Å². The molecule has 0 radical (unpaired) electrons. The Hall–Kier alpha value is -2.15. The Morgan fingerprint density at radius 2 is 1.59 bits per heavy atom. The molecule has 5 nitrogen and oxygen atoms in total. The molecular weight excluding hydrogens is 384 g/mol. The van der Waals surface area contributed by atoms with Crippen molar-refractivity contribution < 1.29 is 13.2 Å². The van der Waals surface area contributed by atoms with Gasteiger partial charge in [0, 0.05) is 37.3 Å². The van der Waals surface area contributed by atoms with Gasteiger partial charge in [-0.05, 0) is 23.3 Å². The molecule has 1 fully saturated rings. The van der Waals surface area contributed by atoms with E-state index in [1.54, 1.807) is 29.2 Å². The lowest BCUT2D eigenvalue weighted by molar-refractivity contribution is -0.127. The summed E-state index contributed by atoms with van der Waals surface area (Å²) in [5.41, 5.74) is 1.54. The van der Waals surface area contributed by atoms with E-state index in [4.69, 9.17) is 11.6 Å². The molecule has 0 atom stereocenters. The third kappa shape index (κ3) is 5.19. The molecule has 27 heavy (non-hydrogen) atoms. The number of amides is 1. The first-order valence-electron chi connectivity index (χ1n) is 8.69. The van der Waals surface area contributed by atoms with E-state index in [1.165, 1.54) is 10.4 Å². The van der Waals surface area contributed by atoms with Crippen molar-refractivity contribution in [3.05, 3.63) is 76.8 Å². The van der Waals surface area contributed by atoms with Crippen molar-refractivity contribution in [2.24, 2.45) is 0 Å². The van der Waals surface area contributed by atoms with E-state index in [1.807, 2.05) is 36.4 Å². The van der Waals surface area contributed by atoms with Crippen molar-refractivity contribution >= 4 is 33.6 Å². The lowest BCUT2D eigenvalue weighted by Crippen LogP contribution is -2.50. The van der Waals surface area contributed by atoms with Crippen LogP contribution in [0.25, 0.3) is 6.08 Å². The van der Waals surface area contributed by atoms with Gasteiger partial charge in [-0.2, -0.15) is 4.31 Å². The molecular formula is C20H21ClN2O3S. The number of piperazine rings is 1. The second-order valence-corrected chi connectivity index (χ2v) is 8.70. The van der Waals surface area contributed by atoms with Crippen LogP contribution < -0.4 is 0 Å². The number of sulfonamides is 1. The van der Waals surface area contributed by atoms with Gasteiger partial charge in [-0.1, -0.05) is 60.1 Å². The molecule has 1 amide bonds. The van der Waals surface area contributed by atoms with Gasteiger partial charge in [-0.15, -0.1) is 0 Å². The zero-order valence-corrected chi connectivity index (χ0v) is 16.4. The number of carbonyl (C=O) groups excluding carboxylic acids is 1. The molecule has 0 N–H and O–H groups in total. The van der Waals surface area contributed by atoms with Crippen molar-refractivity contribution in [3.8, 4) is 0 Å². The fraction of sp³-hybridized carbons (Fsp3) is 0.250. The molecule has 0 saturated carbocycles. The van der Waals surface area contributed by atoms with Crippen LogP contribution in [-0.2, 0) is 20.6 Å².